The molecule has 2 N–H and O–H groups in total. The maximum Gasteiger partial charge on any atom is 0.328 e. The number of methoxy groups -OCH3 is 1. The maximum absolute atomic E-state index is 13.1. The van der Waals surface area contributed by atoms with E-state index in [0.717, 1.165) is 12.5 Å². The number of amides is 1. The number of carbonyl (C=O) groups is 2. The molecule has 1 aromatic carbocycles. The van der Waals surface area contributed by atoms with Crippen LogP contribution in [-0.4, -0.2) is 31.6 Å². The van der Waals surface area contributed by atoms with Gasteiger partial charge in [-0.3, -0.25) is 4.79 Å². The first kappa shape index (κ1) is 20.0. The lowest BCUT2D eigenvalue weighted by molar-refractivity contribution is -0.146. The van der Waals surface area contributed by atoms with Crippen LogP contribution in [0.25, 0.3) is 0 Å². The molecule has 0 heterocycles. The normalized spacial score (nSPS) is 12.8. The van der Waals surface area contributed by atoms with E-state index in [1.807, 2.05) is 0 Å². The highest BCUT2D eigenvalue weighted by Crippen LogP contribution is 2.26. The first-order chi connectivity index (χ1) is 11.1. The number of hydrogen-bond donors (Lipinski definition) is 2. The summed E-state index contributed by atoms with van der Waals surface area (Å²) in [7, 11) is 1.27. The molecule has 1 rings (SSSR count). The van der Waals surface area contributed by atoms with Gasteiger partial charge in [0.25, 0.3) is 5.92 Å². The molecule has 0 aliphatic rings. The summed E-state index contributed by atoms with van der Waals surface area (Å²) in [5.41, 5.74) is 0.728. The second kappa shape index (κ2) is 8.73. The van der Waals surface area contributed by atoms with Gasteiger partial charge in [-0.05, 0) is 11.5 Å². The number of alkyl halides is 2. The van der Waals surface area contributed by atoms with Crippen LogP contribution in [0, 0.1) is 5.92 Å². The lowest BCUT2D eigenvalue weighted by Gasteiger charge is -2.19. The van der Waals surface area contributed by atoms with E-state index in [1.54, 1.807) is 26.0 Å². The Bertz CT molecular complexity index is 554. The fraction of sp³-hybridized carbons (Fsp3) is 0.529. The van der Waals surface area contributed by atoms with E-state index in [4.69, 9.17) is 0 Å². The minimum Gasteiger partial charge on any atom is -0.467 e. The molecule has 7 heteroatoms. The van der Waals surface area contributed by atoms with Gasteiger partial charge in [0.15, 0.2) is 0 Å². The summed E-state index contributed by atoms with van der Waals surface area (Å²) >= 11 is 0. The zero-order valence-electron chi connectivity index (χ0n) is 14.4. The van der Waals surface area contributed by atoms with Crippen molar-refractivity contribution in [3.8, 4) is 0 Å². The van der Waals surface area contributed by atoms with Gasteiger partial charge in [0.05, 0.1) is 13.7 Å². The molecule has 0 aliphatic heterocycles. The molecule has 0 bridgehead atoms. The Morgan fingerprint density at radius 3 is 2.25 bits per heavy atom. The largest absolute Gasteiger partial charge is 0.467 e. The molecule has 1 amide bonds. The van der Waals surface area contributed by atoms with Crippen molar-refractivity contribution < 1.29 is 23.1 Å². The SMILES string of the molecule is COC(=O)[C@H](NC(=O)CNCc1ccc(C(C)(F)F)cc1)C(C)C. The summed E-state index contributed by atoms with van der Waals surface area (Å²) in [6, 6.07) is 5.20. The number of rotatable bonds is 8. The molecule has 134 valence electrons. The molecule has 24 heavy (non-hydrogen) atoms. The van der Waals surface area contributed by atoms with Gasteiger partial charge >= 0.3 is 5.97 Å². The monoisotopic (exact) mass is 342 g/mol. The summed E-state index contributed by atoms with van der Waals surface area (Å²) < 4.78 is 30.9. The number of ether oxygens (including phenoxy) is 1. The molecule has 0 saturated heterocycles. The Labute approximate surface area is 140 Å². The molecular formula is C17H24F2N2O3. The van der Waals surface area contributed by atoms with Crippen LogP contribution in [0.1, 0.15) is 31.9 Å². The van der Waals surface area contributed by atoms with Crippen molar-refractivity contribution >= 4 is 11.9 Å². The molecule has 1 aromatic rings. The van der Waals surface area contributed by atoms with Crippen molar-refractivity contribution in [1.82, 2.24) is 10.6 Å². The fourth-order valence-electron chi connectivity index (χ4n) is 2.08. The second-order valence-corrected chi connectivity index (χ2v) is 6.00. The van der Waals surface area contributed by atoms with Gasteiger partial charge in [-0.25, -0.2) is 13.6 Å². The number of carbonyl (C=O) groups excluding carboxylic acids is 2. The smallest absolute Gasteiger partial charge is 0.328 e. The fourth-order valence-corrected chi connectivity index (χ4v) is 2.08. The predicted octanol–water partition coefficient (Wildman–Crippen LogP) is 2.20. The molecule has 0 radical (unpaired) electrons. The van der Waals surface area contributed by atoms with Gasteiger partial charge in [0, 0.05) is 19.0 Å². The standard InChI is InChI=1S/C17H24F2N2O3/c1-11(2)15(16(23)24-4)21-14(22)10-20-9-12-5-7-13(8-6-12)17(3,18)19/h5-8,11,15,20H,9-10H2,1-4H3,(H,21,22)/t15-/m1/s1. The minimum absolute atomic E-state index is 0.00586. The number of benzene rings is 1. The zero-order chi connectivity index (χ0) is 18.3. The second-order valence-electron chi connectivity index (χ2n) is 6.00. The van der Waals surface area contributed by atoms with Gasteiger partial charge in [-0.15, -0.1) is 0 Å². The van der Waals surface area contributed by atoms with E-state index in [0.29, 0.717) is 6.54 Å². The van der Waals surface area contributed by atoms with E-state index in [9.17, 15) is 18.4 Å². The number of nitrogens with one attached hydrogen (secondary N) is 2. The first-order valence-electron chi connectivity index (χ1n) is 7.70. The third-order valence-electron chi connectivity index (χ3n) is 3.51. The van der Waals surface area contributed by atoms with Crippen LogP contribution in [0.3, 0.4) is 0 Å². The Morgan fingerprint density at radius 1 is 1.21 bits per heavy atom. The van der Waals surface area contributed by atoms with E-state index in [1.165, 1.54) is 19.2 Å². The Hall–Kier alpha value is -2.02. The van der Waals surface area contributed by atoms with Crippen molar-refractivity contribution in [2.45, 2.75) is 39.3 Å². The molecule has 0 spiro atoms. The molecule has 0 aromatic heterocycles. The molecular weight excluding hydrogens is 318 g/mol. The van der Waals surface area contributed by atoms with Crippen LogP contribution in [0.5, 0.6) is 0 Å². The zero-order valence-corrected chi connectivity index (χ0v) is 14.4. The first-order valence-corrected chi connectivity index (χ1v) is 7.70. The Kier molecular flexibility index (Phi) is 7.28. The summed E-state index contributed by atoms with van der Waals surface area (Å²) in [6.45, 7) is 4.82. The minimum atomic E-state index is -2.87. The highest BCUT2D eigenvalue weighted by molar-refractivity contribution is 5.85. The van der Waals surface area contributed by atoms with Gasteiger partial charge in [-0.1, -0.05) is 38.1 Å². The Morgan fingerprint density at radius 2 is 1.79 bits per heavy atom. The van der Waals surface area contributed by atoms with Crippen LogP contribution >= 0.6 is 0 Å². The van der Waals surface area contributed by atoms with Gasteiger partial charge in [0.2, 0.25) is 5.91 Å². The van der Waals surface area contributed by atoms with E-state index in [-0.39, 0.29) is 23.9 Å². The van der Waals surface area contributed by atoms with Gasteiger partial charge in [-0.2, -0.15) is 0 Å². The van der Waals surface area contributed by atoms with E-state index < -0.39 is 17.9 Å². The number of esters is 1. The van der Waals surface area contributed by atoms with Crippen LogP contribution in [-0.2, 0) is 26.8 Å². The van der Waals surface area contributed by atoms with Crippen molar-refractivity contribution in [3.63, 3.8) is 0 Å². The molecule has 0 unspecified atom stereocenters. The summed E-state index contributed by atoms with van der Waals surface area (Å²) in [5, 5.41) is 5.52. The molecule has 0 fully saturated rings. The predicted molar refractivity (Wildman–Crippen MR) is 86.5 cm³/mol. The average Bonchev–Trinajstić information content (AvgIpc) is 2.51. The van der Waals surface area contributed by atoms with Crippen LogP contribution in [0.15, 0.2) is 24.3 Å². The van der Waals surface area contributed by atoms with Crippen molar-refractivity contribution in [1.29, 1.82) is 0 Å². The van der Waals surface area contributed by atoms with Crippen LogP contribution in [0.2, 0.25) is 0 Å². The third-order valence-corrected chi connectivity index (χ3v) is 3.51. The number of halogens is 2. The lowest BCUT2D eigenvalue weighted by atomic mass is 10.0. The van der Waals surface area contributed by atoms with Crippen molar-refractivity contribution in [2.24, 2.45) is 5.92 Å². The van der Waals surface area contributed by atoms with Crippen LogP contribution in [0.4, 0.5) is 8.78 Å². The molecule has 1 atom stereocenters. The lowest BCUT2D eigenvalue weighted by Crippen LogP contribution is -2.47. The molecule has 0 aliphatic carbocycles. The average molecular weight is 342 g/mol. The maximum atomic E-state index is 13.1. The summed E-state index contributed by atoms with van der Waals surface area (Å²) in [4.78, 5) is 23.5. The molecule has 0 saturated carbocycles. The number of hydrogen-bond acceptors (Lipinski definition) is 4. The third kappa shape index (κ3) is 6.23. The molecule has 5 nitrogen and oxygen atoms in total. The highest BCUT2D eigenvalue weighted by Gasteiger charge is 2.25. The van der Waals surface area contributed by atoms with Crippen molar-refractivity contribution in [2.75, 3.05) is 13.7 Å². The van der Waals surface area contributed by atoms with Gasteiger partial charge < -0.3 is 15.4 Å². The van der Waals surface area contributed by atoms with Gasteiger partial charge in [0.1, 0.15) is 6.04 Å². The van der Waals surface area contributed by atoms with E-state index >= 15 is 0 Å². The summed E-state index contributed by atoms with van der Waals surface area (Å²) in [5.74, 6) is -3.79. The highest BCUT2D eigenvalue weighted by atomic mass is 19.3. The van der Waals surface area contributed by atoms with E-state index in [2.05, 4.69) is 15.4 Å². The summed E-state index contributed by atoms with van der Waals surface area (Å²) in [6.07, 6.45) is 0. The Balaban J connectivity index is 2.46. The topological polar surface area (TPSA) is 67.4 Å². The quantitative estimate of drug-likeness (QED) is 0.711. The van der Waals surface area contributed by atoms with Crippen molar-refractivity contribution in [3.05, 3.63) is 35.4 Å². The van der Waals surface area contributed by atoms with Crippen LogP contribution < -0.4 is 10.6 Å².